The molecule has 6 heteroatoms. The number of nitrogens with zero attached hydrogens (tertiary/aromatic N) is 3. The Hall–Kier alpha value is -1.14. The van der Waals surface area contributed by atoms with Crippen LogP contribution in [0.1, 0.15) is 12.2 Å². The predicted octanol–water partition coefficient (Wildman–Crippen LogP) is -0.962. The Morgan fingerprint density at radius 2 is 2.36 bits per heavy atom. The monoisotopic (exact) mass is 197 g/mol. The van der Waals surface area contributed by atoms with Gasteiger partial charge in [0.15, 0.2) is 5.82 Å². The van der Waals surface area contributed by atoms with Gasteiger partial charge in [-0.05, 0) is 13.0 Å². The first-order chi connectivity index (χ1) is 6.67. The van der Waals surface area contributed by atoms with Crippen LogP contribution in [0.4, 0.5) is 5.95 Å². The van der Waals surface area contributed by atoms with E-state index in [4.69, 9.17) is 0 Å². The summed E-state index contributed by atoms with van der Waals surface area (Å²) in [6.07, 6.45) is 0.683. The van der Waals surface area contributed by atoms with Gasteiger partial charge in [0, 0.05) is 20.6 Å². The van der Waals surface area contributed by atoms with Crippen molar-refractivity contribution in [1.29, 1.82) is 0 Å². The molecule has 1 aliphatic heterocycles. The Kier molecular flexibility index (Phi) is 2.16. The second kappa shape index (κ2) is 3.21. The van der Waals surface area contributed by atoms with E-state index in [0.29, 0.717) is 24.7 Å². The van der Waals surface area contributed by atoms with Gasteiger partial charge in [0.2, 0.25) is 5.95 Å². The quantitative estimate of drug-likeness (QED) is 0.569. The molecule has 1 aromatic rings. The Bertz CT molecular complexity index is 328. The molecule has 1 atom stereocenters. The zero-order chi connectivity index (χ0) is 10.2. The fourth-order valence-corrected chi connectivity index (χ4v) is 1.82. The normalized spacial score (nSPS) is 26.8. The zero-order valence-corrected chi connectivity index (χ0v) is 8.41. The van der Waals surface area contributed by atoms with Gasteiger partial charge in [0.05, 0.1) is 0 Å². The molecule has 0 spiro atoms. The van der Waals surface area contributed by atoms with Crippen molar-refractivity contribution >= 4 is 5.95 Å². The molecule has 0 radical (unpaired) electrons. The van der Waals surface area contributed by atoms with E-state index < -0.39 is 5.60 Å². The number of aliphatic hydroxyl groups is 1. The lowest BCUT2D eigenvalue weighted by molar-refractivity contribution is 0.0461. The highest BCUT2D eigenvalue weighted by Crippen LogP contribution is 2.26. The van der Waals surface area contributed by atoms with Crippen molar-refractivity contribution in [3.05, 3.63) is 5.82 Å². The minimum Gasteiger partial charge on any atom is -0.380 e. The third-order valence-corrected chi connectivity index (χ3v) is 2.65. The van der Waals surface area contributed by atoms with Crippen LogP contribution in [0.3, 0.4) is 0 Å². The van der Waals surface area contributed by atoms with Crippen LogP contribution >= 0.6 is 0 Å². The van der Waals surface area contributed by atoms with E-state index in [1.165, 1.54) is 0 Å². The van der Waals surface area contributed by atoms with Crippen LogP contribution < -0.4 is 10.6 Å². The van der Waals surface area contributed by atoms with Gasteiger partial charge in [0.25, 0.3) is 0 Å². The Morgan fingerprint density at radius 1 is 1.57 bits per heavy atom. The highest BCUT2D eigenvalue weighted by molar-refractivity contribution is 5.26. The zero-order valence-electron chi connectivity index (χ0n) is 8.41. The molecule has 2 heterocycles. The average Bonchev–Trinajstić information content (AvgIpc) is 2.73. The van der Waals surface area contributed by atoms with Crippen molar-refractivity contribution in [2.24, 2.45) is 7.05 Å². The van der Waals surface area contributed by atoms with Crippen molar-refractivity contribution in [1.82, 2.24) is 20.1 Å². The largest absolute Gasteiger partial charge is 0.380 e. The number of hydrogen-bond acceptors (Lipinski definition) is 5. The van der Waals surface area contributed by atoms with E-state index in [9.17, 15) is 5.11 Å². The molecule has 0 saturated carbocycles. The molecule has 0 aliphatic carbocycles. The van der Waals surface area contributed by atoms with Gasteiger partial charge in [0.1, 0.15) is 5.60 Å². The van der Waals surface area contributed by atoms with Crippen LogP contribution in [-0.4, -0.2) is 40.0 Å². The number of aromatic nitrogens is 3. The van der Waals surface area contributed by atoms with E-state index in [1.54, 1.807) is 11.6 Å². The summed E-state index contributed by atoms with van der Waals surface area (Å²) in [6.45, 7) is 1.36. The maximum Gasteiger partial charge on any atom is 0.224 e. The molecule has 6 nitrogen and oxygen atoms in total. The standard InChI is InChI=1S/C8H15N5O/c1-9-7-12-11-6(13(7)2)8(14)3-4-10-5-8/h10,14H,3-5H2,1-2H3,(H,9,12). The summed E-state index contributed by atoms with van der Waals surface area (Å²) in [7, 11) is 3.63. The first kappa shape index (κ1) is 9.42. The maximum absolute atomic E-state index is 10.2. The lowest BCUT2D eigenvalue weighted by Crippen LogP contribution is -2.31. The Morgan fingerprint density at radius 3 is 2.86 bits per heavy atom. The molecule has 14 heavy (non-hydrogen) atoms. The molecule has 1 aliphatic rings. The van der Waals surface area contributed by atoms with Crippen LogP contribution in [0, 0.1) is 0 Å². The summed E-state index contributed by atoms with van der Waals surface area (Å²) in [4.78, 5) is 0. The first-order valence-corrected chi connectivity index (χ1v) is 4.68. The van der Waals surface area contributed by atoms with E-state index in [2.05, 4.69) is 20.8 Å². The lowest BCUT2D eigenvalue weighted by atomic mass is 10.0. The van der Waals surface area contributed by atoms with Crippen LogP contribution in [-0.2, 0) is 12.6 Å². The molecule has 1 fully saturated rings. The van der Waals surface area contributed by atoms with Crippen LogP contribution in [0.15, 0.2) is 0 Å². The average molecular weight is 197 g/mol. The van der Waals surface area contributed by atoms with Crippen molar-refractivity contribution in [3.8, 4) is 0 Å². The molecular formula is C8H15N5O. The molecule has 2 rings (SSSR count). The molecule has 1 saturated heterocycles. The minimum absolute atomic E-state index is 0.544. The van der Waals surface area contributed by atoms with Crippen molar-refractivity contribution in [2.75, 3.05) is 25.5 Å². The molecule has 78 valence electrons. The molecule has 1 aromatic heterocycles. The van der Waals surface area contributed by atoms with Crippen molar-refractivity contribution in [2.45, 2.75) is 12.0 Å². The SMILES string of the molecule is CNc1nnc(C2(O)CCNC2)n1C. The highest BCUT2D eigenvalue weighted by atomic mass is 16.3. The summed E-state index contributed by atoms with van der Waals surface area (Å²) in [5.74, 6) is 1.28. The second-order valence-electron chi connectivity index (χ2n) is 3.61. The molecule has 0 aromatic carbocycles. The van der Waals surface area contributed by atoms with Gasteiger partial charge in [-0.3, -0.25) is 4.57 Å². The number of β-amino-alcohol motifs (C(OH)–C–C–N with tert-alkyl or cyclic N) is 1. The van der Waals surface area contributed by atoms with Crippen LogP contribution in [0.2, 0.25) is 0 Å². The molecular weight excluding hydrogens is 182 g/mol. The topological polar surface area (TPSA) is 75.0 Å². The van der Waals surface area contributed by atoms with E-state index in [-0.39, 0.29) is 0 Å². The number of anilines is 1. The van der Waals surface area contributed by atoms with Crippen LogP contribution in [0.5, 0.6) is 0 Å². The number of nitrogens with one attached hydrogen (secondary N) is 2. The Labute approximate surface area is 82.3 Å². The molecule has 0 amide bonds. The second-order valence-corrected chi connectivity index (χ2v) is 3.61. The molecule has 1 unspecified atom stereocenters. The van der Waals surface area contributed by atoms with E-state index in [0.717, 1.165) is 6.54 Å². The maximum atomic E-state index is 10.2. The van der Waals surface area contributed by atoms with Gasteiger partial charge in [-0.2, -0.15) is 0 Å². The third kappa shape index (κ3) is 1.27. The van der Waals surface area contributed by atoms with Gasteiger partial charge in [-0.25, -0.2) is 0 Å². The van der Waals surface area contributed by atoms with Gasteiger partial charge < -0.3 is 15.7 Å². The number of hydrogen-bond donors (Lipinski definition) is 3. The lowest BCUT2D eigenvalue weighted by Gasteiger charge is -2.19. The summed E-state index contributed by atoms with van der Waals surface area (Å²) in [5.41, 5.74) is -0.864. The third-order valence-electron chi connectivity index (χ3n) is 2.65. The highest BCUT2D eigenvalue weighted by Gasteiger charge is 2.37. The molecule has 0 bridgehead atoms. The van der Waals surface area contributed by atoms with Crippen molar-refractivity contribution < 1.29 is 5.11 Å². The Balaban J connectivity index is 2.35. The summed E-state index contributed by atoms with van der Waals surface area (Å²) in [5, 5.41) is 24.2. The summed E-state index contributed by atoms with van der Waals surface area (Å²) >= 11 is 0. The summed E-state index contributed by atoms with van der Waals surface area (Å²) < 4.78 is 1.78. The first-order valence-electron chi connectivity index (χ1n) is 4.68. The predicted molar refractivity (Wildman–Crippen MR) is 51.9 cm³/mol. The fraction of sp³-hybridized carbons (Fsp3) is 0.750. The van der Waals surface area contributed by atoms with Gasteiger partial charge in [-0.1, -0.05) is 0 Å². The fourth-order valence-electron chi connectivity index (χ4n) is 1.82. The number of rotatable bonds is 2. The van der Waals surface area contributed by atoms with E-state index in [1.807, 2.05) is 7.05 Å². The van der Waals surface area contributed by atoms with Crippen LogP contribution in [0.25, 0.3) is 0 Å². The smallest absolute Gasteiger partial charge is 0.224 e. The van der Waals surface area contributed by atoms with Gasteiger partial charge in [-0.15, -0.1) is 10.2 Å². The van der Waals surface area contributed by atoms with E-state index >= 15 is 0 Å². The van der Waals surface area contributed by atoms with Crippen molar-refractivity contribution in [3.63, 3.8) is 0 Å². The summed E-state index contributed by atoms with van der Waals surface area (Å²) in [6, 6.07) is 0. The minimum atomic E-state index is -0.864. The van der Waals surface area contributed by atoms with Gasteiger partial charge >= 0.3 is 0 Å². The molecule has 3 N–H and O–H groups in total.